The molecule has 0 saturated carbocycles. The largest absolute Gasteiger partial charge is 0.394 e. The molecule has 1 aromatic heterocycles. The van der Waals surface area contributed by atoms with Crippen molar-refractivity contribution in [2.24, 2.45) is 0 Å². The quantitative estimate of drug-likeness (QED) is 0.728. The fourth-order valence-electron chi connectivity index (χ4n) is 2.80. The fraction of sp³-hybridized carbons (Fsp3) is 0.353. The molecule has 1 amide bonds. The van der Waals surface area contributed by atoms with Gasteiger partial charge >= 0.3 is 5.69 Å². The van der Waals surface area contributed by atoms with Gasteiger partial charge in [-0.2, -0.15) is 4.98 Å². The Hall–Kier alpha value is -2.62. The average Bonchev–Trinajstić information content (AvgIpc) is 2.85. The highest BCUT2D eigenvalue weighted by molar-refractivity contribution is 6.03. The number of carbonyl (C=O) groups is 1. The maximum Gasteiger partial charge on any atom is 0.351 e. The van der Waals surface area contributed by atoms with E-state index in [9.17, 15) is 19.1 Å². The number of benzene rings is 1. The second-order valence-corrected chi connectivity index (χ2v) is 6.13. The molecule has 1 aliphatic rings. The SMILES string of the molecule is C[C@]1(F)[C@H](O)[C@@H](CO)O[C@H]1n1ccc(NC(=O)c2ccccc2)nc1=O. The lowest BCUT2D eigenvalue weighted by atomic mass is 9.98. The van der Waals surface area contributed by atoms with Gasteiger partial charge in [-0.25, -0.2) is 9.18 Å². The van der Waals surface area contributed by atoms with Crippen molar-refractivity contribution in [2.75, 3.05) is 11.9 Å². The number of halogens is 1. The Balaban J connectivity index is 1.82. The van der Waals surface area contributed by atoms with E-state index in [1.807, 2.05) is 0 Å². The third kappa shape index (κ3) is 3.24. The van der Waals surface area contributed by atoms with Crippen LogP contribution in [0.4, 0.5) is 10.2 Å². The molecule has 3 N–H and O–H groups in total. The second-order valence-electron chi connectivity index (χ2n) is 6.13. The molecule has 1 aromatic carbocycles. The Bertz CT molecular complexity index is 855. The summed E-state index contributed by atoms with van der Waals surface area (Å²) in [6.07, 6.45) is -2.99. The lowest BCUT2D eigenvalue weighted by molar-refractivity contribution is -0.0610. The van der Waals surface area contributed by atoms with Crippen LogP contribution in [0.3, 0.4) is 0 Å². The van der Waals surface area contributed by atoms with Crippen LogP contribution < -0.4 is 11.0 Å². The molecule has 0 radical (unpaired) electrons. The predicted octanol–water partition coefficient (Wildman–Crippen LogP) is 0.474. The zero-order chi connectivity index (χ0) is 18.9. The summed E-state index contributed by atoms with van der Waals surface area (Å²) >= 11 is 0. The lowest BCUT2D eigenvalue weighted by Crippen LogP contribution is -2.42. The highest BCUT2D eigenvalue weighted by atomic mass is 19.1. The number of carbonyl (C=O) groups excluding carboxylic acids is 1. The van der Waals surface area contributed by atoms with Gasteiger partial charge in [0.05, 0.1) is 6.61 Å². The van der Waals surface area contributed by atoms with Crippen LogP contribution in [0.15, 0.2) is 47.4 Å². The van der Waals surface area contributed by atoms with Crippen molar-refractivity contribution in [3.05, 3.63) is 58.6 Å². The highest BCUT2D eigenvalue weighted by Crippen LogP contribution is 2.40. The summed E-state index contributed by atoms with van der Waals surface area (Å²) in [7, 11) is 0. The normalized spacial score (nSPS) is 28.1. The van der Waals surface area contributed by atoms with Crippen molar-refractivity contribution in [2.45, 2.75) is 31.0 Å². The molecule has 1 aliphatic heterocycles. The van der Waals surface area contributed by atoms with E-state index in [0.717, 1.165) is 11.5 Å². The molecule has 8 nitrogen and oxygen atoms in total. The third-order valence-electron chi connectivity index (χ3n) is 4.26. The summed E-state index contributed by atoms with van der Waals surface area (Å²) in [5.41, 5.74) is -2.77. The van der Waals surface area contributed by atoms with Gasteiger partial charge in [0.25, 0.3) is 5.91 Å². The molecule has 0 unspecified atom stereocenters. The van der Waals surface area contributed by atoms with Crippen molar-refractivity contribution in [1.29, 1.82) is 0 Å². The molecule has 26 heavy (non-hydrogen) atoms. The van der Waals surface area contributed by atoms with Crippen molar-refractivity contribution >= 4 is 11.7 Å². The monoisotopic (exact) mass is 363 g/mol. The molecular formula is C17H18FN3O5. The summed E-state index contributed by atoms with van der Waals surface area (Å²) in [5, 5.41) is 21.5. The number of aromatic nitrogens is 2. The summed E-state index contributed by atoms with van der Waals surface area (Å²) in [6, 6.07) is 9.69. The minimum atomic E-state index is -2.30. The van der Waals surface area contributed by atoms with Crippen molar-refractivity contribution in [3.8, 4) is 0 Å². The van der Waals surface area contributed by atoms with E-state index in [4.69, 9.17) is 9.84 Å². The van der Waals surface area contributed by atoms with Gasteiger partial charge in [0, 0.05) is 11.8 Å². The van der Waals surface area contributed by atoms with E-state index < -0.39 is 42.3 Å². The summed E-state index contributed by atoms with van der Waals surface area (Å²) < 4.78 is 20.9. The second kappa shape index (κ2) is 6.94. The summed E-state index contributed by atoms with van der Waals surface area (Å²) in [6.45, 7) is 0.486. The molecular weight excluding hydrogens is 345 g/mol. The van der Waals surface area contributed by atoms with Crippen molar-refractivity contribution in [3.63, 3.8) is 0 Å². The fourth-order valence-corrected chi connectivity index (χ4v) is 2.80. The van der Waals surface area contributed by atoms with Crippen LogP contribution in [0, 0.1) is 0 Å². The molecule has 0 aliphatic carbocycles. The number of nitrogens with zero attached hydrogens (tertiary/aromatic N) is 2. The maximum absolute atomic E-state index is 14.8. The number of aliphatic hydroxyl groups excluding tert-OH is 2. The molecule has 1 fully saturated rings. The zero-order valence-corrected chi connectivity index (χ0v) is 13.9. The maximum atomic E-state index is 14.8. The molecule has 9 heteroatoms. The van der Waals surface area contributed by atoms with Crippen LogP contribution in [0.2, 0.25) is 0 Å². The Morgan fingerprint density at radius 1 is 1.38 bits per heavy atom. The number of alkyl halides is 1. The average molecular weight is 363 g/mol. The molecule has 1 saturated heterocycles. The van der Waals surface area contributed by atoms with Crippen molar-refractivity contribution in [1.82, 2.24) is 9.55 Å². The first-order valence-corrected chi connectivity index (χ1v) is 7.93. The van der Waals surface area contributed by atoms with Gasteiger partial charge in [-0.3, -0.25) is 9.36 Å². The van der Waals surface area contributed by atoms with Gasteiger partial charge in [0.15, 0.2) is 11.9 Å². The van der Waals surface area contributed by atoms with Crippen LogP contribution in [0.5, 0.6) is 0 Å². The van der Waals surface area contributed by atoms with Crippen LogP contribution >= 0.6 is 0 Å². The van der Waals surface area contributed by atoms with E-state index in [1.165, 1.54) is 12.3 Å². The third-order valence-corrected chi connectivity index (χ3v) is 4.26. The molecule has 4 atom stereocenters. The summed E-state index contributed by atoms with van der Waals surface area (Å²) in [5.74, 6) is -0.448. The van der Waals surface area contributed by atoms with Gasteiger partial charge < -0.3 is 20.3 Å². The number of ether oxygens (including phenoxy) is 1. The Morgan fingerprint density at radius 3 is 2.65 bits per heavy atom. The topological polar surface area (TPSA) is 114 Å². The zero-order valence-electron chi connectivity index (χ0n) is 13.9. The number of rotatable bonds is 4. The number of amides is 1. The summed E-state index contributed by atoms with van der Waals surface area (Å²) in [4.78, 5) is 28.0. The van der Waals surface area contributed by atoms with Gasteiger partial charge in [-0.15, -0.1) is 0 Å². The highest BCUT2D eigenvalue weighted by Gasteiger charge is 2.55. The molecule has 2 heterocycles. The number of nitrogens with one attached hydrogen (secondary N) is 1. The molecule has 0 bridgehead atoms. The predicted molar refractivity (Wildman–Crippen MR) is 89.4 cm³/mol. The molecule has 138 valence electrons. The van der Waals surface area contributed by atoms with E-state index in [0.29, 0.717) is 5.56 Å². The number of aliphatic hydroxyl groups is 2. The van der Waals surface area contributed by atoms with Gasteiger partial charge in [-0.1, -0.05) is 18.2 Å². The van der Waals surface area contributed by atoms with Crippen LogP contribution in [0.25, 0.3) is 0 Å². The van der Waals surface area contributed by atoms with Gasteiger partial charge in [-0.05, 0) is 25.1 Å². The first kappa shape index (κ1) is 18.2. The number of anilines is 1. The van der Waals surface area contributed by atoms with Gasteiger partial charge in [0.1, 0.15) is 18.0 Å². The smallest absolute Gasteiger partial charge is 0.351 e. The Labute approximate surface area is 147 Å². The molecule has 2 aromatic rings. The van der Waals surface area contributed by atoms with E-state index in [-0.39, 0.29) is 5.82 Å². The minimum absolute atomic E-state index is 0.00193. The first-order valence-electron chi connectivity index (χ1n) is 7.93. The standard InChI is InChI=1S/C17H18FN3O5/c1-17(18)13(23)11(9-22)26-15(17)21-8-7-12(20-16(21)25)19-14(24)10-5-3-2-4-6-10/h2-8,11,13,15,22-23H,9H2,1H3,(H,19,20,24,25)/t11-,13-,15-,17+/m1/s1. The van der Waals surface area contributed by atoms with Crippen LogP contribution in [-0.2, 0) is 4.74 Å². The first-order chi connectivity index (χ1) is 12.3. The van der Waals surface area contributed by atoms with Gasteiger partial charge in [0.2, 0.25) is 0 Å². The van der Waals surface area contributed by atoms with Crippen LogP contribution in [0.1, 0.15) is 23.5 Å². The Morgan fingerprint density at radius 2 is 2.08 bits per heavy atom. The number of hydrogen-bond acceptors (Lipinski definition) is 6. The molecule has 3 rings (SSSR count). The van der Waals surface area contributed by atoms with E-state index >= 15 is 0 Å². The number of hydrogen-bond donors (Lipinski definition) is 3. The van der Waals surface area contributed by atoms with E-state index in [2.05, 4.69) is 10.3 Å². The van der Waals surface area contributed by atoms with E-state index in [1.54, 1.807) is 30.3 Å². The van der Waals surface area contributed by atoms with Crippen molar-refractivity contribution < 1.29 is 24.1 Å². The minimum Gasteiger partial charge on any atom is -0.394 e. The molecule has 0 spiro atoms. The van der Waals surface area contributed by atoms with Crippen LogP contribution in [-0.4, -0.2) is 50.2 Å². The Kier molecular flexibility index (Phi) is 4.86. The lowest BCUT2D eigenvalue weighted by Gasteiger charge is -2.24.